The van der Waals surface area contributed by atoms with Crippen LogP contribution in [-0.2, 0) is 0 Å². The molecular weight excluding hydrogens is 250 g/mol. The zero-order chi connectivity index (χ0) is 13.8. The molecule has 0 saturated heterocycles. The molecule has 0 spiro atoms. The molecule has 0 aliphatic heterocycles. The van der Waals surface area contributed by atoms with E-state index in [1.54, 1.807) is 12.1 Å². The molecule has 2 aromatic rings. The first-order valence-corrected chi connectivity index (χ1v) is 5.32. The van der Waals surface area contributed by atoms with Crippen LogP contribution in [0.25, 0.3) is 0 Å². The van der Waals surface area contributed by atoms with Crippen molar-refractivity contribution in [3.63, 3.8) is 0 Å². The highest BCUT2D eigenvalue weighted by atomic mass is 16.6. The molecule has 0 aliphatic rings. The first-order chi connectivity index (χ1) is 9.11. The summed E-state index contributed by atoms with van der Waals surface area (Å²) >= 11 is 0. The summed E-state index contributed by atoms with van der Waals surface area (Å²) in [5, 5.41) is 10.7. The fourth-order valence-electron chi connectivity index (χ4n) is 1.45. The molecule has 2 N–H and O–H groups in total. The molecule has 1 heterocycles. The topological polar surface area (TPSA) is 101 Å². The lowest BCUT2D eigenvalue weighted by molar-refractivity contribution is -0.384. The second kappa shape index (κ2) is 5.21. The highest BCUT2D eigenvalue weighted by Gasteiger charge is 2.14. The minimum absolute atomic E-state index is 0.106. The van der Waals surface area contributed by atoms with E-state index in [1.165, 1.54) is 31.5 Å². The number of aromatic nitrogens is 1. The molecule has 0 aliphatic carbocycles. The first-order valence-electron chi connectivity index (χ1n) is 5.32. The van der Waals surface area contributed by atoms with E-state index < -0.39 is 4.92 Å². The lowest BCUT2D eigenvalue weighted by Crippen LogP contribution is -1.97. The average molecular weight is 261 g/mol. The number of benzene rings is 1. The highest BCUT2D eigenvalue weighted by Crippen LogP contribution is 2.35. The van der Waals surface area contributed by atoms with Crippen molar-refractivity contribution >= 4 is 11.4 Å². The average Bonchev–Trinajstić information content (AvgIpc) is 2.41. The number of hydrogen-bond acceptors (Lipinski definition) is 6. The van der Waals surface area contributed by atoms with E-state index in [1.807, 2.05) is 0 Å². The number of nitro benzene ring substituents is 1. The Morgan fingerprint density at radius 1 is 1.32 bits per heavy atom. The number of nitrogens with two attached hydrogens (primary N) is 1. The van der Waals surface area contributed by atoms with Gasteiger partial charge in [0.2, 0.25) is 5.88 Å². The van der Waals surface area contributed by atoms with Crippen LogP contribution in [-0.4, -0.2) is 17.0 Å². The number of nitrogen functional groups attached to an aromatic ring is 1. The van der Waals surface area contributed by atoms with E-state index in [0.717, 1.165) is 0 Å². The Labute approximate surface area is 108 Å². The summed E-state index contributed by atoms with van der Waals surface area (Å²) in [5.41, 5.74) is 5.92. The number of pyridine rings is 1. The summed E-state index contributed by atoms with van der Waals surface area (Å²) in [6.07, 6.45) is 1.51. The summed E-state index contributed by atoms with van der Waals surface area (Å²) in [6, 6.07) is 7.31. The fourth-order valence-corrected chi connectivity index (χ4v) is 1.45. The lowest BCUT2D eigenvalue weighted by atomic mass is 10.3. The molecule has 0 radical (unpaired) electrons. The third-order valence-electron chi connectivity index (χ3n) is 2.37. The van der Waals surface area contributed by atoms with Gasteiger partial charge in [0.15, 0.2) is 11.5 Å². The van der Waals surface area contributed by atoms with Crippen LogP contribution in [0.3, 0.4) is 0 Å². The number of non-ortho nitro benzene ring substituents is 1. The van der Waals surface area contributed by atoms with Crippen LogP contribution in [0, 0.1) is 10.1 Å². The van der Waals surface area contributed by atoms with Gasteiger partial charge >= 0.3 is 0 Å². The largest absolute Gasteiger partial charge is 0.493 e. The predicted molar refractivity (Wildman–Crippen MR) is 68.4 cm³/mol. The molecule has 0 bridgehead atoms. The van der Waals surface area contributed by atoms with Gasteiger partial charge in [0.1, 0.15) is 0 Å². The van der Waals surface area contributed by atoms with Crippen molar-refractivity contribution in [3.05, 3.63) is 46.6 Å². The molecule has 1 aromatic carbocycles. The third-order valence-corrected chi connectivity index (χ3v) is 2.37. The molecule has 0 amide bonds. The van der Waals surface area contributed by atoms with Crippen molar-refractivity contribution in [2.75, 3.05) is 12.8 Å². The predicted octanol–water partition coefficient (Wildman–Crippen LogP) is 2.37. The van der Waals surface area contributed by atoms with Crippen molar-refractivity contribution in [3.8, 4) is 17.4 Å². The normalized spacial score (nSPS) is 9.95. The minimum Gasteiger partial charge on any atom is -0.493 e. The second-order valence-corrected chi connectivity index (χ2v) is 3.59. The van der Waals surface area contributed by atoms with Gasteiger partial charge in [0.25, 0.3) is 5.69 Å². The Morgan fingerprint density at radius 3 is 2.74 bits per heavy atom. The van der Waals surface area contributed by atoms with E-state index in [0.29, 0.717) is 11.4 Å². The van der Waals surface area contributed by atoms with Gasteiger partial charge in [-0.15, -0.1) is 0 Å². The summed E-state index contributed by atoms with van der Waals surface area (Å²) < 4.78 is 10.5. The lowest BCUT2D eigenvalue weighted by Gasteiger charge is -2.10. The monoisotopic (exact) mass is 261 g/mol. The fraction of sp³-hybridized carbons (Fsp3) is 0.0833. The van der Waals surface area contributed by atoms with Crippen LogP contribution in [0.2, 0.25) is 0 Å². The van der Waals surface area contributed by atoms with Gasteiger partial charge in [-0.25, -0.2) is 4.98 Å². The molecule has 7 nitrogen and oxygen atoms in total. The maximum atomic E-state index is 10.7. The number of nitro groups is 1. The summed E-state index contributed by atoms with van der Waals surface area (Å²) in [7, 11) is 1.44. The minimum atomic E-state index is -0.520. The van der Waals surface area contributed by atoms with E-state index in [2.05, 4.69) is 4.98 Å². The molecule has 1 aromatic heterocycles. The number of rotatable bonds is 4. The smallest absolute Gasteiger partial charge is 0.273 e. The molecule has 0 unspecified atom stereocenters. The molecular formula is C12H11N3O4. The van der Waals surface area contributed by atoms with E-state index in [-0.39, 0.29) is 17.3 Å². The Bertz CT molecular complexity index is 616. The van der Waals surface area contributed by atoms with Gasteiger partial charge in [-0.05, 0) is 18.2 Å². The molecule has 7 heteroatoms. The van der Waals surface area contributed by atoms with Crippen LogP contribution in [0.1, 0.15) is 0 Å². The Hall–Kier alpha value is -2.83. The highest BCUT2D eigenvalue weighted by molar-refractivity contribution is 5.54. The van der Waals surface area contributed by atoms with Gasteiger partial charge in [0.05, 0.1) is 23.8 Å². The van der Waals surface area contributed by atoms with Crippen LogP contribution in [0.4, 0.5) is 11.4 Å². The van der Waals surface area contributed by atoms with Crippen molar-refractivity contribution in [1.29, 1.82) is 0 Å². The van der Waals surface area contributed by atoms with Crippen molar-refractivity contribution in [2.45, 2.75) is 0 Å². The van der Waals surface area contributed by atoms with Crippen molar-refractivity contribution in [2.24, 2.45) is 0 Å². The third kappa shape index (κ3) is 2.71. The number of anilines is 1. The first kappa shape index (κ1) is 12.6. The number of ether oxygens (including phenoxy) is 2. The zero-order valence-corrected chi connectivity index (χ0v) is 10.1. The molecule has 19 heavy (non-hydrogen) atoms. The SMILES string of the molecule is COc1ccc([N+](=O)[O-])cc1Oc1ncccc1N. The number of hydrogen-bond donors (Lipinski definition) is 1. The van der Waals surface area contributed by atoms with Crippen LogP contribution < -0.4 is 15.2 Å². The number of methoxy groups -OCH3 is 1. The van der Waals surface area contributed by atoms with Crippen LogP contribution >= 0.6 is 0 Å². The van der Waals surface area contributed by atoms with Crippen LogP contribution in [0.5, 0.6) is 17.4 Å². The van der Waals surface area contributed by atoms with Crippen LogP contribution in [0.15, 0.2) is 36.5 Å². The Kier molecular flexibility index (Phi) is 3.46. The maximum Gasteiger partial charge on any atom is 0.273 e. The summed E-state index contributed by atoms with van der Waals surface area (Å²) in [5.74, 6) is 0.707. The van der Waals surface area contributed by atoms with Gasteiger partial charge in [-0.1, -0.05) is 0 Å². The Morgan fingerprint density at radius 2 is 2.11 bits per heavy atom. The standard InChI is InChI=1S/C12H11N3O4/c1-18-10-5-4-8(15(16)17)7-11(10)19-12-9(13)3-2-6-14-12/h2-7H,13H2,1H3. The summed E-state index contributed by atoms with van der Waals surface area (Å²) in [4.78, 5) is 14.2. The van der Waals surface area contributed by atoms with Crippen molar-refractivity contribution < 1.29 is 14.4 Å². The maximum absolute atomic E-state index is 10.7. The van der Waals surface area contributed by atoms with E-state index in [9.17, 15) is 10.1 Å². The van der Waals surface area contributed by atoms with Crippen molar-refractivity contribution in [1.82, 2.24) is 4.98 Å². The number of nitrogens with zero attached hydrogens (tertiary/aromatic N) is 2. The van der Waals surface area contributed by atoms with Gasteiger partial charge < -0.3 is 15.2 Å². The van der Waals surface area contributed by atoms with Gasteiger partial charge in [0, 0.05) is 12.3 Å². The molecule has 98 valence electrons. The van der Waals surface area contributed by atoms with E-state index in [4.69, 9.17) is 15.2 Å². The van der Waals surface area contributed by atoms with Gasteiger partial charge in [-0.2, -0.15) is 0 Å². The van der Waals surface area contributed by atoms with Gasteiger partial charge in [-0.3, -0.25) is 10.1 Å². The summed E-state index contributed by atoms with van der Waals surface area (Å²) in [6.45, 7) is 0. The molecule has 2 rings (SSSR count). The second-order valence-electron chi connectivity index (χ2n) is 3.59. The quantitative estimate of drug-likeness (QED) is 0.669. The van der Waals surface area contributed by atoms with E-state index >= 15 is 0 Å². The molecule has 0 saturated carbocycles. The molecule has 0 fully saturated rings. The zero-order valence-electron chi connectivity index (χ0n) is 10.1. The Balaban J connectivity index is 2.40. The molecule has 0 atom stereocenters.